The van der Waals surface area contributed by atoms with E-state index in [1.807, 2.05) is 0 Å². The van der Waals surface area contributed by atoms with E-state index in [-0.39, 0.29) is 0 Å². The number of carbonyl (C=O) groups is 2. The molecule has 165 valence electrons. The van der Waals surface area contributed by atoms with Crippen LogP contribution >= 0.6 is 0 Å². The summed E-state index contributed by atoms with van der Waals surface area (Å²) in [6.07, 6.45) is -16.2. The van der Waals surface area contributed by atoms with Crippen molar-refractivity contribution in [1.29, 1.82) is 0 Å². The Kier molecular flexibility index (Phi) is 19.0. The van der Waals surface area contributed by atoms with Crippen LogP contribution in [0.15, 0.2) is 0 Å². The van der Waals surface area contributed by atoms with Gasteiger partial charge in [-0.3, -0.25) is 0 Å². The van der Waals surface area contributed by atoms with Crippen molar-refractivity contribution < 1.29 is 91.9 Å². The number of aliphatic hydroxyl groups excluding tert-OH is 10. The van der Waals surface area contributed by atoms with Gasteiger partial charge in [0.1, 0.15) is 48.8 Å². The third-order valence-electron chi connectivity index (χ3n) is 2.99. The molecule has 0 aliphatic rings. The van der Waals surface area contributed by atoms with Crippen LogP contribution in [0.2, 0.25) is 0 Å². The monoisotopic (exact) mass is 457 g/mol. The normalized spacial score (nSPS) is 19.1. The second kappa shape index (κ2) is 16.8. The molecule has 0 heterocycles. The molecule has 0 saturated carbocycles. The molecule has 15 nitrogen and oxygen atoms in total. The molecule has 0 aromatic carbocycles. The first-order valence-electron chi connectivity index (χ1n) is 7.09. The molecule has 0 fully saturated rings. The van der Waals surface area contributed by atoms with Crippen LogP contribution in [0.3, 0.4) is 0 Å². The Hall–Kier alpha value is -1.08. The van der Waals surface area contributed by atoms with Crippen LogP contribution in [0, 0.1) is 0 Å². The fraction of sp³-hybridized carbons (Fsp3) is 0.833. The second-order valence-corrected chi connectivity index (χ2v) is 4.99. The average molecular weight is 457 g/mol. The van der Waals surface area contributed by atoms with Crippen LogP contribution in [0.5, 0.6) is 0 Å². The van der Waals surface area contributed by atoms with Crippen molar-refractivity contribution in [2.24, 2.45) is 0 Å². The van der Waals surface area contributed by atoms with E-state index in [1.54, 1.807) is 0 Å². The molecule has 16 heteroatoms. The van der Waals surface area contributed by atoms with Crippen LogP contribution in [-0.4, -0.2) is 125 Å². The van der Waals surface area contributed by atoms with Gasteiger partial charge in [-0.25, -0.2) is 0 Å². The number of carboxylic acid groups (broad SMARTS) is 2. The quantitative estimate of drug-likeness (QED) is 0.146. The molecule has 0 amide bonds. The summed E-state index contributed by atoms with van der Waals surface area (Å²) in [5, 5.41) is 107. The Morgan fingerprint density at radius 3 is 0.964 bits per heavy atom. The van der Waals surface area contributed by atoms with Gasteiger partial charge in [-0.05, 0) is 0 Å². The van der Waals surface area contributed by atoms with E-state index in [2.05, 4.69) is 0 Å². The maximum atomic E-state index is 9.98. The molecule has 0 rings (SSSR count). The first kappa shape index (κ1) is 31.6. The fourth-order valence-corrected chi connectivity index (χ4v) is 1.32. The molecule has 0 radical (unpaired) electrons. The fourth-order valence-electron chi connectivity index (χ4n) is 1.32. The van der Waals surface area contributed by atoms with Crippen molar-refractivity contribution in [3.63, 3.8) is 0 Å². The SMILES string of the molecule is O=C([O-])[C@H](O)[C@@H](O)[C@H](O)[C@H](O)CO.O=C([O-])[C@H](O)[C@@H](O)[C@H](O)[C@H](O)CO.[O]=[V+2]. The van der Waals surface area contributed by atoms with Crippen LogP contribution in [-0.2, 0) is 30.6 Å². The molecule has 28 heavy (non-hydrogen) atoms. The number of carboxylic acids is 2. The van der Waals surface area contributed by atoms with E-state index in [4.69, 9.17) is 54.7 Å². The second-order valence-electron chi connectivity index (χ2n) is 4.99. The Bertz CT molecular complexity index is 399. The zero-order valence-corrected chi connectivity index (χ0v) is 15.4. The predicted molar refractivity (Wildman–Crippen MR) is 72.9 cm³/mol. The molecule has 0 aromatic rings. The zero-order chi connectivity index (χ0) is 23.2. The number of aliphatic hydroxyl groups is 10. The van der Waals surface area contributed by atoms with Crippen LogP contribution in [0.4, 0.5) is 0 Å². The number of carbonyl (C=O) groups excluding carboxylic acids is 2. The van der Waals surface area contributed by atoms with E-state index < -0.39 is 74.0 Å². The third-order valence-corrected chi connectivity index (χ3v) is 2.99. The summed E-state index contributed by atoms with van der Waals surface area (Å²) in [5.74, 6) is -3.95. The summed E-state index contributed by atoms with van der Waals surface area (Å²) in [6.45, 7) is -1.73. The van der Waals surface area contributed by atoms with Gasteiger partial charge < -0.3 is 70.9 Å². The summed E-state index contributed by atoms with van der Waals surface area (Å²) in [5.41, 5.74) is 0. The van der Waals surface area contributed by atoms with Gasteiger partial charge in [0.25, 0.3) is 0 Å². The first-order chi connectivity index (χ1) is 12.8. The Labute approximate surface area is 166 Å². The molecule has 0 spiro atoms. The van der Waals surface area contributed by atoms with Gasteiger partial charge in [-0.2, -0.15) is 0 Å². The van der Waals surface area contributed by atoms with E-state index >= 15 is 0 Å². The summed E-state index contributed by atoms with van der Waals surface area (Å²) in [6, 6.07) is 0. The Morgan fingerprint density at radius 1 is 0.607 bits per heavy atom. The van der Waals surface area contributed by atoms with Crippen molar-refractivity contribution in [1.82, 2.24) is 0 Å². The van der Waals surface area contributed by atoms with Crippen LogP contribution in [0.1, 0.15) is 0 Å². The molecule has 0 unspecified atom stereocenters. The molecule has 0 aliphatic carbocycles. The average Bonchev–Trinajstić information content (AvgIpc) is 2.70. The third kappa shape index (κ3) is 11.7. The van der Waals surface area contributed by atoms with Gasteiger partial charge in [0, 0.05) is 0 Å². The van der Waals surface area contributed by atoms with E-state index in [1.165, 1.54) is 0 Å². The molecular formula is C12H22O15V. The molecule has 0 aliphatic heterocycles. The summed E-state index contributed by atoms with van der Waals surface area (Å²) in [4.78, 5) is 20.0. The zero-order valence-electron chi connectivity index (χ0n) is 14.0. The molecule has 10 N–H and O–H groups in total. The molecular weight excluding hydrogens is 435 g/mol. The summed E-state index contributed by atoms with van der Waals surface area (Å²) in [7, 11) is 0. The minimum absolute atomic E-state index is 0.863. The summed E-state index contributed by atoms with van der Waals surface area (Å²) < 4.78 is 8.19. The first-order valence-corrected chi connectivity index (χ1v) is 7.66. The van der Waals surface area contributed by atoms with Gasteiger partial charge in [0.05, 0.1) is 25.2 Å². The molecule has 0 aromatic heterocycles. The van der Waals surface area contributed by atoms with Crippen molar-refractivity contribution in [2.75, 3.05) is 13.2 Å². The number of aliphatic carboxylic acids is 2. The topological polar surface area (TPSA) is 300 Å². The summed E-state index contributed by atoms with van der Waals surface area (Å²) >= 11 is 1.06. The van der Waals surface area contributed by atoms with Crippen molar-refractivity contribution in [3.05, 3.63) is 0 Å². The predicted octanol–water partition coefficient (Wildman–Crippen LogP) is -9.78. The van der Waals surface area contributed by atoms with Crippen molar-refractivity contribution >= 4 is 11.9 Å². The standard InChI is InChI=1S/2C6H12O7.O.V/c2*7-1-2(8)3(9)4(10)5(11)6(12)13;;/h2*2-5,7-11H,1H2,(H,12,13);;/q;;;+2/p-2/t2*2-,3-,4+,5-;;/m11../s1. The molecule has 0 saturated heterocycles. The maximum absolute atomic E-state index is 9.98. The van der Waals surface area contributed by atoms with E-state index in [0.29, 0.717) is 0 Å². The molecule has 8 atom stereocenters. The van der Waals surface area contributed by atoms with Crippen molar-refractivity contribution in [3.8, 4) is 0 Å². The number of hydrogen-bond acceptors (Lipinski definition) is 15. The van der Waals surface area contributed by atoms with Crippen molar-refractivity contribution in [2.45, 2.75) is 48.8 Å². The number of hydrogen-bond donors (Lipinski definition) is 10. The minimum atomic E-state index is -2.31. The van der Waals surface area contributed by atoms with Gasteiger partial charge in [0.2, 0.25) is 0 Å². The molecule has 0 bridgehead atoms. The Balaban J connectivity index is -0.000000410. The van der Waals surface area contributed by atoms with Gasteiger partial charge in [-0.1, -0.05) is 0 Å². The van der Waals surface area contributed by atoms with Gasteiger partial charge >= 0.3 is 21.0 Å². The van der Waals surface area contributed by atoms with Gasteiger partial charge in [-0.15, -0.1) is 0 Å². The Morgan fingerprint density at radius 2 is 0.821 bits per heavy atom. The van der Waals surface area contributed by atoms with E-state index in [9.17, 15) is 19.8 Å². The van der Waals surface area contributed by atoms with Crippen LogP contribution in [0.25, 0.3) is 0 Å². The number of rotatable bonds is 10. The van der Waals surface area contributed by atoms with Gasteiger partial charge in [0.15, 0.2) is 0 Å². The van der Waals surface area contributed by atoms with E-state index in [0.717, 1.165) is 17.4 Å². The van der Waals surface area contributed by atoms with Crippen LogP contribution < -0.4 is 10.2 Å².